The van der Waals surface area contributed by atoms with Gasteiger partial charge in [-0.2, -0.15) is 0 Å². The van der Waals surface area contributed by atoms with Crippen molar-refractivity contribution in [3.8, 4) is 0 Å². The van der Waals surface area contributed by atoms with E-state index in [0.29, 0.717) is 22.4 Å². The largest absolute Gasteiger partial charge is 0.465 e. The fourth-order valence-corrected chi connectivity index (χ4v) is 2.40. The molecule has 0 aromatic heterocycles. The molecule has 23 heavy (non-hydrogen) atoms. The fraction of sp³-hybridized carbons (Fsp3) is 0.312. The van der Waals surface area contributed by atoms with Gasteiger partial charge in [0.25, 0.3) is 5.91 Å². The molecule has 7 nitrogen and oxygen atoms in total. The maximum Gasteiger partial charge on any atom is 0.337 e. The highest BCUT2D eigenvalue weighted by molar-refractivity contribution is 5.98. The second-order valence-electron chi connectivity index (χ2n) is 5.38. The summed E-state index contributed by atoms with van der Waals surface area (Å²) in [7, 11) is 4.61. The third-order valence-electron chi connectivity index (χ3n) is 3.57. The predicted molar refractivity (Wildman–Crippen MR) is 83.6 cm³/mol. The lowest BCUT2D eigenvalue weighted by Crippen LogP contribution is -2.46. The summed E-state index contributed by atoms with van der Waals surface area (Å²) in [5, 5.41) is 5.35. The Hall–Kier alpha value is -2.83. The van der Waals surface area contributed by atoms with Crippen molar-refractivity contribution in [1.29, 1.82) is 0 Å². The van der Waals surface area contributed by atoms with Gasteiger partial charge in [-0.1, -0.05) is 12.1 Å². The number of methoxy groups -OCH3 is 1. The van der Waals surface area contributed by atoms with Crippen molar-refractivity contribution in [2.45, 2.75) is 13.0 Å². The summed E-state index contributed by atoms with van der Waals surface area (Å²) in [4.78, 5) is 37.1. The Morgan fingerprint density at radius 3 is 2.30 bits per heavy atom. The number of benzene rings is 1. The van der Waals surface area contributed by atoms with Gasteiger partial charge in [-0.25, -0.2) is 9.59 Å². The average Bonchev–Trinajstić information content (AvgIpc) is 2.53. The first kappa shape index (κ1) is 16.5. The number of carbonyl (C=O) groups is 3. The van der Waals surface area contributed by atoms with Gasteiger partial charge in [0.2, 0.25) is 0 Å². The van der Waals surface area contributed by atoms with E-state index in [4.69, 9.17) is 0 Å². The number of nitrogens with one attached hydrogen (secondary N) is 2. The number of nitrogens with zero attached hydrogens (tertiary/aromatic N) is 1. The van der Waals surface area contributed by atoms with Gasteiger partial charge in [-0.15, -0.1) is 0 Å². The molecule has 1 aromatic carbocycles. The lowest BCUT2D eigenvalue weighted by Gasteiger charge is -2.30. The first-order chi connectivity index (χ1) is 10.8. The van der Waals surface area contributed by atoms with Crippen LogP contribution in [0.5, 0.6) is 0 Å². The second kappa shape index (κ2) is 6.51. The van der Waals surface area contributed by atoms with Gasteiger partial charge in [0, 0.05) is 19.8 Å². The number of urea groups is 1. The number of hydrogen-bond donors (Lipinski definition) is 2. The molecule has 0 saturated heterocycles. The van der Waals surface area contributed by atoms with Crippen LogP contribution in [0.2, 0.25) is 0 Å². The van der Waals surface area contributed by atoms with Crippen LogP contribution in [0.3, 0.4) is 0 Å². The third-order valence-corrected chi connectivity index (χ3v) is 3.57. The molecule has 0 bridgehead atoms. The normalized spacial score (nSPS) is 17.2. The molecule has 0 fully saturated rings. The van der Waals surface area contributed by atoms with Gasteiger partial charge >= 0.3 is 12.0 Å². The number of likely N-dealkylation sites (N-methyl/N-ethyl adjacent to an activating group) is 1. The van der Waals surface area contributed by atoms with Crippen molar-refractivity contribution in [3.63, 3.8) is 0 Å². The SMILES string of the molecule is COC(=O)c1ccc([C@H]2NC(=O)NC(C)=C2C(=O)N(C)C)cc1. The summed E-state index contributed by atoms with van der Waals surface area (Å²) in [6.07, 6.45) is 0. The van der Waals surface area contributed by atoms with Gasteiger partial charge in [0.1, 0.15) is 0 Å². The van der Waals surface area contributed by atoms with E-state index in [9.17, 15) is 14.4 Å². The minimum atomic E-state index is -0.578. The fourth-order valence-electron chi connectivity index (χ4n) is 2.40. The van der Waals surface area contributed by atoms with Gasteiger partial charge in [-0.3, -0.25) is 4.79 Å². The summed E-state index contributed by atoms with van der Waals surface area (Å²) in [6.45, 7) is 1.69. The quantitative estimate of drug-likeness (QED) is 0.820. The molecule has 2 N–H and O–H groups in total. The number of ether oxygens (including phenoxy) is 1. The Balaban J connectivity index is 2.42. The van der Waals surface area contributed by atoms with Crippen molar-refractivity contribution in [1.82, 2.24) is 15.5 Å². The number of carbonyl (C=O) groups excluding carboxylic acids is 3. The lowest BCUT2D eigenvalue weighted by molar-refractivity contribution is -0.125. The molecule has 0 spiro atoms. The molecule has 1 atom stereocenters. The molecule has 3 amide bonds. The van der Waals surface area contributed by atoms with Gasteiger partial charge in [0.15, 0.2) is 0 Å². The second-order valence-corrected chi connectivity index (χ2v) is 5.38. The summed E-state index contributed by atoms with van der Waals surface area (Å²) in [6, 6.07) is 5.63. The zero-order valence-electron chi connectivity index (χ0n) is 13.5. The van der Waals surface area contributed by atoms with Crippen LogP contribution in [0.4, 0.5) is 4.79 Å². The molecule has 7 heteroatoms. The van der Waals surface area contributed by atoms with Crippen molar-refractivity contribution < 1.29 is 19.1 Å². The third kappa shape index (κ3) is 3.33. The molecule has 0 aliphatic carbocycles. The van der Waals surface area contributed by atoms with Crippen LogP contribution in [0.15, 0.2) is 35.5 Å². The Labute approximate surface area is 134 Å². The first-order valence-corrected chi connectivity index (χ1v) is 7.03. The molecule has 1 aliphatic heterocycles. The first-order valence-electron chi connectivity index (χ1n) is 7.03. The molecule has 0 saturated carbocycles. The number of rotatable bonds is 3. The van der Waals surface area contributed by atoms with E-state index in [1.165, 1.54) is 12.0 Å². The van der Waals surface area contributed by atoms with Crippen molar-refractivity contribution in [2.24, 2.45) is 0 Å². The van der Waals surface area contributed by atoms with E-state index in [1.807, 2.05) is 0 Å². The standard InChI is InChI=1S/C16H19N3O4/c1-9-12(14(20)19(2)3)13(18-16(22)17-9)10-5-7-11(8-6-10)15(21)23-4/h5-8,13H,1-4H3,(H2,17,18,22)/t13-/m1/s1. The average molecular weight is 317 g/mol. The van der Waals surface area contributed by atoms with Crippen LogP contribution in [0.25, 0.3) is 0 Å². The highest BCUT2D eigenvalue weighted by Gasteiger charge is 2.31. The molecule has 1 aliphatic rings. The lowest BCUT2D eigenvalue weighted by atomic mass is 9.94. The number of esters is 1. The van der Waals surface area contributed by atoms with Gasteiger partial charge in [-0.05, 0) is 24.6 Å². The monoisotopic (exact) mass is 317 g/mol. The molecular formula is C16H19N3O4. The van der Waals surface area contributed by atoms with Gasteiger partial charge in [0.05, 0.1) is 24.3 Å². The zero-order valence-corrected chi connectivity index (χ0v) is 13.5. The zero-order chi connectivity index (χ0) is 17.1. The summed E-state index contributed by atoms with van der Waals surface area (Å²) in [5.74, 6) is -0.640. The van der Waals surface area contributed by atoms with E-state index in [2.05, 4.69) is 15.4 Å². The van der Waals surface area contributed by atoms with E-state index >= 15 is 0 Å². The molecule has 122 valence electrons. The van der Waals surface area contributed by atoms with Crippen LogP contribution in [-0.2, 0) is 9.53 Å². The predicted octanol–water partition coefficient (Wildman–Crippen LogP) is 1.19. The minimum absolute atomic E-state index is 0.197. The highest BCUT2D eigenvalue weighted by atomic mass is 16.5. The highest BCUT2D eigenvalue weighted by Crippen LogP contribution is 2.28. The number of allylic oxidation sites excluding steroid dienone is 1. The number of amides is 3. The van der Waals surface area contributed by atoms with Crippen molar-refractivity contribution in [2.75, 3.05) is 21.2 Å². The topological polar surface area (TPSA) is 87.7 Å². The Morgan fingerprint density at radius 2 is 1.78 bits per heavy atom. The van der Waals surface area contributed by atoms with E-state index in [-0.39, 0.29) is 11.9 Å². The molecule has 0 unspecified atom stereocenters. The molecule has 1 heterocycles. The molecule has 0 radical (unpaired) electrons. The summed E-state index contributed by atoms with van der Waals surface area (Å²) in [5.41, 5.74) is 2.07. The molecule has 1 aromatic rings. The van der Waals surface area contributed by atoms with E-state index in [0.717, 1.165) is 0 Å². The smallest absolute Gasteiger partial charge is 0.337 e. The molecular weight excluding hydrogens is 298 g/mol. The van der Waals surface area contributed by atoms with Crippen LogP contribution < -0.4 is 10.6 Å². The van der Waals surface area contributed by atoms with E-state index < -0.39 is 12.0 Å². The summed E-state index contributed by atoms with van der Waals surface area (Å²) < 4.78 is 4.66. The minimum Gasteiger partial charge on any atom is -0.465 e. The van der Waals surface area contributed by atoms with Crippen molar-refractivity contribution in [3.05, 3.63) is 46.7 Å². The van der Waals surface area contributed by atoms with Crippen LogP contribution in [0.1, 0.15) is 28.9 Å². The van der Waals surface area contributed by atoms with Crippen LogP contribution in [0, 0.1) is 0 Å². The Bertz CT molecular complexity index is 677. The summed E-state index contributed by atoms with van der Waals surface area (Å²) >= 11 is 0. The van der Waals surface area contributed by atoms with E-state index in [1.54, 1.807) is 45.3 Å². The Kier molecular flexibility index (Phi) is 4.68. The number of hydrogen-bond acceptors (Lipinski definition) is 4. The van der Waals surface area contributed by atoms with Crippen LogP contribution in [-0.4, -0.2) is 44.0 Å². The maximum absolute atomic E-state index is 12.4. The maximum atomic E-state index is 12.4. The molecule has 2 rings (SSSR count). The van der Waals surface area contributed by atoms with Gasteiger partial charge < -0.3 is 20.3 Å². The van der Waals surface area contributed by atoms with Crippen LogP contribution >= 0.6 is 0 Å². The van der Waals surface area contributed by atoms with Crippen molar-refractivity contribution >= 4 is 17.9 Å². The Morgan fingerprint density at radius 1 is 1.17 bits per heavy atom.